The Bertz CT molecular complexity index is 258. The second-order valence-electron chi connectivity index (χ2n) is 2.44. The molecule has 2 nitrogen and oxygen atoms in total. The number of ether oxygens (including phenoxy) is 1. The van der Waals surface area contributed by atoms with Crippen LogP contribution in [0.3, 0.4) is 0 Å². The van der Waals surface area contributed by atoms with E-state index in [1.54, 1.807) is 6.08 Å². The minimum Gasteiger partial charge on any atom is -0.468 e. The first-order valence-electron chi connectivity index (χ1n) is 3.44. The molecule has 0 aromatic rings. The maximum absolute atomic E-state index is 13.0. The maximum Gasteiger partial charge on any atom is 0.315 e. The quantitative estimate of drug-likeness (QED) is 0.652. The summed E-state index contributed by atoms with van der Waals surface area (Å²) in [7, 11) is 1.25. The molecule has 1 aliphatic carbocycles. The molecule has 1 atom stereocenters. The third-order valence-corrected chi connectivity index (χ3v) is 2.23. The van der Waals surface area contributed by atoms with Gasteiger partial charge in [-0.25, -0.2) is 4.39 Å². The molecule has 0 amide bonds. The molecule has 1 aliphatic rings. The van der Waals surface area contributed by atoms with E-state index in [1.165, 1.54) is 13.2 Å². The highest BCUT2D eigenvalue weighted by molar-refractivity contribution is 9.11. The second-order valence-corrected chi connectivity index (χ2v) is 3.46. The zero-order chi connectivity index (χ0) is 9.14. The van der Waals surface area contributed by atoms with E-state index in [4.69, 9.17) is 0 Å². The van der Waals surface area contributed by atoms with E-state index < -0.39 is 17.7 Å². The van der Waals surface area contributed by atoms with Crippen molar-refractivity contribution in [2.45, 2.75) is 6.42 Å². The molecular formula is C8H8BrFO2. The lowest BCUT2D eigenvalue weighted by Crippen LogP contribution is -2.18. The first-order chi connectivity index (χ1) is 5.65. The standard InChI is InChI=1S/C8H8BrFO2/c1-12-8(11)6-4-5(9)2-3-7(6)10/h2-3,6H,4H2,1H3. The molecule has 4 heteroatoms. The first kappa shape index (κ1) is 9.45. The molecule has 0 saturated heterocycles. The summed E-state index contributed by atoms with van der Waals surface area (Å²) in [6.07, 6.45) is 3.21. The number of carbonyl (C=O) groups excluding carboxylic acids is 1. The Hall–Kier alpha value is -0.640. The van der Waals surface area contributed by atoms with E-state index in [1.807, 2.05) is 0 Å². The van der Waals surface area contributed by atoms with Gasteiger partial charge in [-0.05, 0) is 23.1 Å². The van der Waals surface area contributed by atoms with Gasteiger partial charge in [-0.3, -0.25) is 4.79 Å². The monoisotopic (exact) mass is 234 g/mol. The van der Waals surface area contributed by atoms with Crippen molar-refractivity contribution in [1.82, 2.24) is 0 Å². The van der Waals surface area contributed by atoms with E-state index in [0.717, 1.165) is 4.48 Å². The third kappa shape index (κ3) is 1.94. The summed E-state index contributed by atoms with van der Waals surface area (Å²) in [5, 5.41) is 0. The summed E-state index contributed by atoms with van der Waals surface area (Å²) in [4.78, 5) is 11.0. The van der Waals surface area contributed by atoms with Crippen molar-refractivity contribution in [1.29, 1.82) is 0 Å². The Morgan fingerprint density at radius 1 is 1.75 bits per heavy atom. The number of esters is 1. The molecule has 0 fully saturated rings. The molecule has 0 aromatic heterocycles. The molecule has 0 aliphatic heterocycles. The van der Waals surface area contributed by atoms with Gasteiger partial charge < -0.3 is 4.74 Å². The van der Waals surface area contributed by atoms with E-state index in [2.05, 4.69) is 20.7 Å². The Morgan fingerprint density at radius 3 is 3.00 bits per heavy atom. The van der Waals surface area contributed by atoms with Gasteiger partial charge in [0.05, 0.1) is 7.11 Å². The lowest BCUT2D eigenvalue weighted by Gasteiger charge is -2.14. The minimum atomic E-state index is -0.769. The summed E-state index contributed by atoms with van der Waals surface area (Å²) in [6.45, 7) is 0. The summed E-state index contributed by atoms with van der Waals surface area (Å²) >= 11 is 3.20. The van der Waals surface area contributed by atoms with Crippen LogP contribution in [0.1, 0.15) is 6.42 Å². The summed E-state index contributed by atoms with van der Waals surface area (Å²) in [5.74, 6) is -1.74. The van der Waals surface area contributed by atoms with Crippen molar-refractivity contribution in [3.63, 3.8) is 0 Å². The fraction of sp³-hybridized carbons (Fsp3) is 0.375. The molecule has 1 unspecified atom stereocenters. The van der Waals surface area contributed by atoms with Gasteiger partial charge in [0.25, 0.3) is 0 Å². The zero-order valence-electron chi connectivity index (χ0n) is 6.51. The third-order valence-electron chi connectivity index (χ3n) is 1.64. The van der Waals surface area contributed by atoms with Crippen LogP contribution in [0.4, 0.5) is 4.39 Å². The summed E-state index contributed by atoms with van der Waals surface area (Å²) in [6, 6.07) is 0. The van der Waals surface area contributed by atoms with Crippen LogP contribution >= 0.6 is 15.9 Å². The molecule has 0 saturated carbocycles. The highest BCUT2D eigenvalue weighted by Crippen LogP contribution is 2.29. The van der Waals surface area contributed by atoms with Gasteiger partial charge in [-0.15, -0.1) is 0 Å². The molecule has 0 bridgehead atoms. The lowest BCUT2D eigenvalue weighted by atomic mass is 10.00. The van der Waals surface area contributed by atoms with Crippen molar-refractivity contribution >= 4 is 21.9 Å². The molecule has 0 N–H and O–H groups in total. The fourth-order valence-corrected chi connectivity index (χ4v) is 1.44. The van der Waals surface area contributed by atoms with Crippen molar-refractivity contribution in [2.75, 3.05) is 7.11 Å². The van der Waals surface area contributed by atoms with Crippen molar-refractivity contribution in [2.24, 2.45) is 5.92 Å². The normalized spacial score (nSPS) is 22.8. The second kappa shape index (κ2) is 3.85. The highest BCUT2D eigenvalue weighted by atomic mass is 79.9. The Kier molecular flexibility index (Phi) is 3.03. The number of hydrogen-bond acceptors (Lipinski definition) is 2. The largest absolute Gasteiger partial charge is 0.468 e. The van der Waals surface area contributed by atoms with Crippen LogP contribution < -0.4 is 0 Å². The number of hydrogen-bond donors (Lipinski definition) is 0. The van der Waals surface area contributed by atoms with Crippen molar-refractivity contribution < 1.29 is 13.9 Å². The topological polar surface area (TPSA) is 26.3 Å². The number of carbonyl (C=O) groups is 1. The van der Waals surface area contributed by atoms with Crippen molar-refractivity contribution in [3.05, 3.63) is 22.5 Å². The number of allylic oxidation sites excluding steroid dienone is 3. The van der Waals surface area contributed by atoms with Crippen LogP contribution in [0.5, 0.6) is 0 Å². The van der Waals surface area contributed by atoms with Crippen LogP contribution in [0, 0.1) is 5.92 Å². The van der Waals surface area contributed by atoms with Gasteiger partial charge in [-0.1, -0.05) is 15.9 Å². The van der Waals surface area contributed by atoms with E-state index in [9.17, 15) is 9.18 Å². The van der Waals surface area contributed by atoms with Gasteiger partial charge in [-0.2, -0.15) is 0 Å². The fourth-order valence-electron chi connectivity index (χ4n) is 0.985. The van der Waals surface area contributed by atoms with Crippen LogP contribution in [0.25, 0.3) is 0 Å². The zero-order valence-corrected chi connectivity index (χ0v) is 8.10. The number of rotatable bonds is 1. The molecule has 12 heavy (non-hydrogen) atoms. The maximum atomic E-state index is 13.0. The van der Waals surface area contributed by atoms with Gasteiger partial charge in [0.15, 0.2) is 0 Å². The van der Waals surface area contributed by atoms with Crippen LogP contribution in [0.15, 0.2) is 22.5 Å². The van der Waals surface area contributed by atoms with E-state index in [0.29, 0.717) is 6.42 Å². The average Bonchev–Trinajstić information content (AvgIpc) is 2.08. The van der Waals surface area contributed by atoms with Crippen molar-refractivity contribution in [3.8, 4) is 0 Å². The SMILES string of the molecule is COC(=O)C1CC(Br)=CC=C1F. The minimum absolute atomic E-state index is 0.342. The molecule has 0 spiro atoms. The molecule has 1 rings (SSSR count). The Labute approximate surface area is 78.2 Å². The summed E-state index contributed by atoms with van der Waals surface area (Å²) in [5.41, 5.74) is 0. The van der Waals surface area contributed by atoms with Gasteiger partial charge in [0.1, 0.15) is 11.7 Å². The molecule has 0 heterocycles. The van der Waals surface area contributed by atoms with Crippen LogP contribution in [-0.4, -0.2) is 13.1 Å². The molecule has 0 aromatic carbocycles. The van der Waals surface area contributed by atoms with Crippen LogP contribution in [0.2, 0.25) is 0 Å². The van der Waals surface area contributed by atoms with Gasteiger partial charge in [0, 0.05) is 0 Å². The highest BCUT2D eigenvalue weighted by Gasteiger charge is 2.26. The van der Waals surface area contributed by atoms with E-state index in [-0.39, 0.29) is 0 Å². The molecule has 0 radical (unpaired) electrons. The van der Waals surface area contributed by atoms with Gasteiger partial charge in [0.2, 0.25) is 0 Å². The summed E-state index contributed by atoms with van der Waals surface area (Å²) < 4.78 is 18.2. The Morgan fingerprint density at radius 2 is 2.42 bits per heavy atom. The van der Waals surface area contributed by atoms with Gasteiger partial charge >= 0.3 is 5.97 Å². The first-order valence-corrected chi connectivity index (χ1v) is 4.24. The molecule has 66 valence electrons. The predicted octanol–water partition coefficient (Wildman–Crippen LogP) is 2.31. The lowest BCUT2D eigenvalue weighted by molar-refractivity contribution is -0.144. The Balaban J connectivity index is 2.76. The van der Waals surface area contributed by atoms with E-state index >= 15 is 0 Å². The van der Waals surface area contributed by atoms with Crippen LogP contribution in [-0.2, 0) is 9.53 Å². The predicted molar refractivity (Wildman–Crippen MR) is 46.3 cm³/mol. The average molecular weight is 235 g/mol. The molecular weight excluding hydrogens is 227 g/mol. The number of halogens is 2. The smallest absolute Gasteiger partial charge is 0.315 e. The number of methoxy groups -OCH3 is 1.